The van der Waals surface area contributed by atoms with Gasteiger partial charge in [-0.25, -0.2) is 0 Å². The predicted molar refractivity (Wildman–Crippen MR) is 259 cm³/mol. The van der Waals surface area contributed by atoms with Crippen LogP contribution in [-0.4, -0.2) is 123 Å². The van der Waals surface area contributed by atoms with Crippen LogP contribution in [0.3, 0.4) is 0 Å². The Morgan fingerprint density at radius 1 is 0.554 bits per heavy atom. The number of aliphatic carboxylic acids is 3. The van der Waals surface area contributed by atoms with Crippen molar-refractivity contribution >= 4 is 65.0 Å². The number of ketones is 1. The van der Waals surface area contributed by atoms with E-state index in [0.29, 0.717) is 16.7 Å². The van der Waals surface area contributed by atoms with E-state index in [-0.39, 0.29) is 18.8 Å². The predicted octanol–water partition coefficient (Wildman–Crippen LogP) is 2.78. The molecule has 74 heavy (non-hydrogen) atoms. The van der Waals surface area contributed by atoms with E-state index in [1.807, 2.05) is 5.32 Å². The monoisotopic (exact) mass is 1050 g/mol. The summed E-state index contributed by atoms with van der Waals surface area (Å²) in [5, 5.41) is 44.1. The standard InChI is InChI=1S/C50H68F3N7O14/c1-26(2)22-32(44(70)58-35(25-50(51,52)53)41(68)47(73)59-40(27(3)4)29-15-10-9-11-16-29)57-48(74)42(49(6,7)8)60-46(72)33(23-30-17-13-12-14-28(30)5)56-43(69)31(18-20-37(62)63)55-45(71)34(24-39(66)67)54-36(61)19-21-38(64)65/h9-17,26-27,31-35,40,42H,18-25H2,1-8H3,(H,54,61)(H,55,71)(H,56,69)(H,57,74)(H,58,70)(H,59,73)(H,60,72)(H,62,63)(H,64,65)(H,66,67)/t31-,32-,33-,34-,35+,40-,42+/m0/s1. The van der Waals surface area contributed by atoms with Crippen molar-refractivity contribution in [3.63, 3.8) is 0 Å². The van der Waals surface area contributed by atoms with E-state index < -0.39 is 163 Å². The van der Waals surface area contributed by atoms with Gasteiger partial charge in [-0.2, -0.15) is 13.2 Å². The summed E-state index contributed by atoms with van der Waals surface area (Å²) < 4.78 is 42.0. The molecule has 0 aliphatic heterocycles. The van der Waals surface area contributed by atoms with E-state index in [0.717, 1.165) is 0 Å². The van der Waals surface area contributed by atoms with Crippen molar-refractivity contribution in [2.24, 2.45) is 17.3 Å². The van der Waals surface area contributed by atoms with Crippen molar-refractivity contribution in [2.75, 3.05) is 0 Å². The summed E-state index contributed by atoms with van der Waals surface area (Å²) in [5.74, 6) is -14.9. The molecule has 2 aromatic rings. The van der Waals surface area contributed by atoms with E-state index in [2.05, 4.69) is 31.9 Å². The first-order valence-electron chi connectivity index (χ1n) is 23.8. The minimum Gasteiger partial charge on any atom is -0.481 e. The smallest absolute Gasteiger partial charge is 0.391 e. The molecule has 0 saturated heterocycles. The topological polar surface area (TPSA) is 333 Å². The normalized spacial score (nSPS) is 14.4. The number of aryl methyl sites for hydroxylation is 1. The second-order valence-electron chi connectivity index (χ2n) is 19.6. The van der Waals surface area contributed by atoms with Gasteiger partial charge in [-0.1, -0.05) is 103 Å². The summed E-state index contributed by atoms with van der Waals surface area (Å²) in [5.41, 5.74) is 0.471. The molecule has 0 heterocycles. The summed E-state index contributed by atoms with van der Waals surface area (Å²) in [7, 11) is 0. The highest BCUT2D eigenvalue weighted by molar-refractivity contribution is 6.38. The number of alkyl halides is 3. The van der Waals surface area contributed by atoms with Crippen molar-refractivity contribution in [2.45, 2.75) is 155 Å². The van der Waals surface area contributed by atoms with Crippen LogP contribution in [-0.2, 0) is 59.2 Å². The molecule has 0 radical (unpaired) electrons. The van der Waals surface area contributed by atoms with Gasteiger partial charge in [0, 0.05) is 19.3 Å². The Kier molecular flexibility index (Phi) is 24.4. The molecule has 0 unspecified atom stereocenters. The number of carbonyl (C=O) groups is 11. The van der Waals surface area contributed by atoms with Crippen molar-refractivity contribution in [3.05, 3.63) is 71.3 Å². The third kappa shape index (κ3) is 22.2. The maximum absolute atomic E-state index is 14.4. The number of carboxylic acid groups (broad SMARTS) is 3. The second kappa shape index (κ2) is 28.7. The molecule has 7 amide bonds. The molecule has 21 nitrogen and oxygen atoms in total. The van der Waals surface area contributed by atoms with Gasteiger partial charge in [0.25, 0.3) is 5.91 Å². The Labute approximate surface area is 426 Å². The van der Waals surface area contributed by atoms with Crippen LogP contribution in [0.1, 0.15) is 116 Å². The fraction of sp³-hybridized carbons (Fsp3) is 0.540. The fourth-order valence-corrected chi connectivity index (χ4v) is 7.48. The van der Waals surface area contributed by atoms with Crippen LogP contribution >= 0.6 is 0 Å². The lowest BCUT2D eigenvalue weighted by Gasteiger charge is -2.34. The van der Waals surface area contributed by atoms with Gasteiger partial charge in [0.1, 0.15) is 36.3 Å². The summed E-state index contributed by atoms with van der Waals surface area (Å²) in [6, 6.07) is 3.25. The SMILES string of the molecule is Cc1ccccc1C[C@H](NC(=O)[C@H](CCC(=O)O)NC(=O)[C@H](CC(=O)O)NC(=O)CCC(=O)O)C(=O)N[C@H](C(=O)N[C@@H](CC(C)C)C(=O)N[C@H](CC(F)(F)F)C(=O)C(=O)N[C@H](c1ccccc1)C(C)C)C(C)(C)C. The number of halogens is 3. The molecular formula is C50H68F3N7O14. The minimum absolute atomic E-state index is 0.209. The van der Waals surface area contributed by atoms with Gasteiger partial charge < -0.3 is 52.5 Å². The van der Waals surface area contributed by atoms with Gasteiger partial charge in [0.05, 0.1) is 25.3 Å². The number of benzene rings is 2. The third-order valence-electron chi connectivity index (χ3n) is 11.4. The zero-order chi connectivity index (χ0) is 56.2. The maximum atomic E-state index is 14.4. The van der Waals surface area contributed by atoms with Crippen molar-refractivity contribution in [3.8, 4) is 0 Å². The van der Waals surface area contributed by atoms with Crippen molar-refractivity contribution < 1.29 is 81.2 Å². The molecule has 24 heteroatoms. The van der Waals surface area contributed by atoms with Crippen LogP contribution in [0.4, 0.5) is 13.2 Å². The van der Waals surface area contributed by atoms with Gasteiger partial charge in [-0.3, -0.25) is 52.7 Å². The third-order valence-corrected chi connectivity index (χ3v) is 11.4. The molecule has 0 aliphatic carbocycles. The van der Waals surface area contributed by atoms with Gasteiger partial charge in [0.15, 0.2) is 0 Å². The lowest BCUT2D eigenvalue weighted by atomic mass is 9.85. The molecule has 0 fully saturated rings. The van der Waals surface area contributed by atoms with Crippen LogP contribution in [0, 0.1) is 24.2 Å². The highest BCUT2D eigenvalue weighted by atomic mass is 19.4. The Hall–Kier alpha value is -7.40. The van der Waals surface area contributed by atoms with E-state index >= 15 is 0 Å². The number of Topliss-reactive ketones (excluding diaryl/α,β-unsaturated/α-hetero) is 1. The summed E-state index contributed by atoms with van der Waals surface area (Å²) in [6.45, 7) is 12.9. The largest absolute Gasteiger partial charge is 0.481 e. The highest BCUT2D eigenvalue weighted by Gasteiger charge is 2.42. The number of rotatable bonds is 29. The minimum atomic E-state index is -5.06. The van der Waals surface area contributed by atoms with Crippen molar-refractivity contribution in [1.29, 1.82) is 0 Å². The van der Waals surface area contributed by atoms with Gasteiger partial charge in [0.2, 0.25) is 41.2 Å². The zero-order valence-corrected chi connectivity index (χ0v) is 42.5. The Bertz CT molecular complexity index is 2340. The molecule has 0 bridgehead atoms. The highest BCUT2D eigenvalue weighted by Crippen LogP contribution is 2.25. The van der Waals surface area contributed by atoms with Crippen LogP contribution in [0.25, 0.3) is 0 Å². The summed E-state index contributed by atoms with van der Waals surface area (Å²) in [6.07, 6.45) is -11.2. The first-order chi connectivity index (χ1) is 34.3. The van der Waals surface area contributed by atoms with E-state index in [1.165, 1.54) is 20.8 Å². The lowest BCUT2D eigenvalue weighted by molar-refractivity contribution is -0.154. The Balaban J connectivity index is 2.52. The van der Waals surface area contributed by atoms with Crippen molar-refractivity contribution in [1.82, 2.24) is 37.2 Å². The molecule has 408 valence electrons. The Morgan fingerprint density at radius 2 is 1.07 bits per heavy atom. The average molecular weight is 1050 g/mol. The maximum Gasteiger partial charge on any atom is 0.391 e. The lowest BCUT2D eigenvalue weighted by Crippen LogP contribution is -2.62. The molecule has 0 saturated carbocycles. The van der Waals surface area contributed by atoms with Crippen LogP contribution in [0.15, 0.2) is 54.6 Å². The quantitative estimate of drug-likeness (QED) is 0.0524. The van der Waals surface area contributed by atoms with Crippen LogP contribution in [0.5, 0.6) is 0 Å². The average Bonchev–Trinajstić information content (AvgIpc) is 3.28. The van der Waals surface area contributed by atoms with Crippen LogP contribution < -0.4 is 37.2 Å². The van der Waals surface area contributed by atoms with Gasteiger partial charge >= 0.3 is 24.1 Å². The second-order valence-corrected chi connectivity index (χ2v) is 19.6. The molecule has 7 atom stereocenters. The molecule has 0 aromatic heterocycles. The van der Waals surface area contributed by atoms with Gasteiger partial charge in [-0.15, -0.1) is 0 Å². The zero-order valence-electron chi connectivity index (χ0n) is 42.5. The molecule has 2 rings (SSSR count). The number of nitrogens with one attached hydrogen (secondary N) is 7. The molecule has 10 N–H and O–H groups in total. The molecular weight excluding hydrogens is 980 g/mol. The fourth-order valence-electron chi connectivity index (χ4n) is 7.48. The molecule has 0 spiro atoms. The summed E-state index contributed by atoms with van der Waals surface area (Å²) >= 11 is 0. The van der Waals surface area contributed by atoms with E-state index in [4.69, 9.17) is 5.11 Å². The number of carboxylic acids is 3. The van der Waals surface area contributed by atoms with E-state index in [9.17, 15) is 76.1 Å². The number of hydrogen-bond donors (Lipinski definition) is 10. The molecule has 0 aliphatic rings. The van der Waals surface area contributed by atoms with Crippen LogP contribution in [0.2, 0.25) is 0 Å². The number of hydrogen-bond acceptors (Lipinski definition) is 11. The number of amides is 7. The Morgan fingerprint density at radius 3 is 1.59 bits per heavy atom. The molecule has 2 aromatic carbocycles. The summed E-state index contributed by atoms with van der Waals surface area (Å²) in [4.78, 5) is 144. The first-order valence-corrected chi connectivity index (χ1v) is 23.8. The van der Waals surface area contributed by atoms with E-state index in [1.54, 1.807) is 89.2 Å². The number of carbonyl (C=O) groups excluding carboxylic acids is 8. The van der Waals surface area contributed by atoms with Gasteiger partial charge in [-0.05, 0) is 53.7 Å². The first kappa shape index (κ1) is 62.7.